The zero-order valence-corrected chi connectivity index (χ0v) is 12.4. The van der Waals surface area contributed by atoms with Gasteiger partial charge < -0.3 is 20.1 Å². The molecule has 8 heteroatoms. The molecule has 1 aromatic heterocycles. The van der Waals surface area contributed by atoms with Gasteiger partial charge in [0.1, 0.15) is 29.8 Å². The maximum atomic E-state index is 10.3. The third kappa shape index (κ3) is 2.99. The Hall–Kier alpha value is -0.670. The van der Waals surface area contributed by atoms with Crippen LogP contribution >= 0.6 is 11.8 Å². The van der Waals surface area contributed by atoms with E-state index >= 15 is 0 Å². The fraction of sp³-hybridized carbons (Fsp3) is 0.833. The van der Waals surface area contributed by atoms with Gasteiger partial charge in [-0.05, 0) is 12.7 Å². The van der Waals surface area contributed by atoms with Crippen LogP contribution in [-0.2, 0) is 11.2 Å². The largest absolute Gasteiger partial charge is 0.394 e. The summed E-state index contributed by atoms with van der Waals surface area (Å²) in [6.07, 6.45) is 2.60. The molecular formula is C12H21N3O4S. The van der Waals surface area contributed by atoms with E-state index in [9.17, 15) is 15.3 Å². The Morgan fingerprint density at radius 3 is 2.75 bits per heavy atom. The number of thioether (sulfide) groups is 1. The molecule has 0 spiro atoms. The number of hydrogen-bond donors (Lipinski definition) is 3. The molecular weight excluding hydrogens is 282 g/mol. The Morgan fingerprint density at radius 1 is 1.40 bits per heavy atom. The molecule has 0 radical (unpaired) electrons. The Balaban J connectivity index is 2.24. The summed E-state index contributed by atoms with van der Waals surface area (Å²) in [6.45, 7) is 1.74. The molecule has 5 atom stereocenters. The molecule has 2 rings (SSSR count). The molecule has 2 unspecified atom stereocenters. The van der Waals surface area contributed by atoms with Crippen molar-refractivity contribution in [3.05, 3.63) is 11.9 Å². The van der Waals surface area contributed by atoms with Crippen molar-refractivity contribution in [2.45, 2.75) is 49.6 Å². The monoisotopic (exact) mass is 303 g/mol. The standard InChI is InChI=1S/C12H21N3O4S/c1-3-4-7-5-15(14-13-7)9-10(17)8(6-16)19-12(20-2)11(9)18/h5,8-12,16-18H,3-4,6H2,1-2H3/t8?,9-,10-,11?,12-/m0/s1. The first kappa shape index (κ1) is 15.7. The molecule has 0 bridgehead atoms. The van der Waals surface area contributed by atoms with Crippen molar-refractivity contribution in [3.8, 4) is 0 Å². The first-order chi connectivity index (χ1) is 9.62. The minimum atomic E-state index is -1.03. The minimum Gasteiger partial charge on any atom is -0.394 e. The van der Waals surface area contributed by atoms with Crippen molar-refractivity contribution in [1.82, 2.24) is 15.0 Å². The predicted octanol–water partition coefficient (Wildman–Crippen LogP) is -0.426. The summed E-state index contributed by atoms with van der Waals surface area (Å²) in [6, 6.07) is -0.670. The normalized spacial score (nSPS) is 34.4. The van der Waals surface area contributed by atoms with E-state index < -0.39 is 29.8 Å². The molecule has 7 nitrogen and oxygen atoms in total. The lowest BCUT2D eigenvalue weighted by Crippen LogP contribution is -2.54. The average Bonchev–Trinajstić information content (AvgIpc) is 2.88. The summed E-state index contributed by atoms with van der Waals surface area (Å²) in [5, 5.41) is 37.9. The fourth-order valence-corrected chi connectivity index (χ4v) is 3.10. The summed E-state index contributed by atoms with van der Waals surface area (Å²) in [5.74, 6) is 0. The van der Waals surface area contributed by atoms with E-state index in [1.165, 1.54) is 16.4 Å². The van der Waals surface area contributed by atoms with E-state index in [-0.39, 0.29) is 6.61 Å². The number of ether oxygens (including phenoxy) is 1. The maximum absolute atomic E-state index is 10.3. The quantitative estimate of drug-likeness (QED) is 0.679. The Bertz CT molecular complexity index is 415. The summed E-state index contributed by atoms with van der Waals surface area (Å²) in [4.78, 5) is 0. The number of nitrogens with zero attached hydrogens (tertiary/aromatic N) is 3. The van der Waals surface area contributed by atoms with Crippen LogP contribution in [0.5, 0.6) is 0 Å². The average molecular weight is 303 g/mol. The molecule has 3 N–H and O–H groups in total. The van der Waals surface area contributed by atoms with Crippen LogP contribution in [-0.4, -0.2) is 66.9 Å². The summed E-state index contributed by atoms with van der Waals surface area (Å²) in [7, 11) is 0. The number of aliphatic hydroxyl groups excluding tert-OH is 3. The van der Waals surface area contributed by atoms with Gasteiger partial charge in [0.15, 0.2) is 0 Å². The molecule has 0 aliphatic carbocycles. The number of aryl methyl sites for hydroxylation is 1. The second-order valence-electron chi connectivity index (χ2n) is 4.87. The van der Waals surface area contributed by atoms with Gasteiger partial charge in [-0.1, -0.05) is 18.6 Å². The second-order valence-corrected chi connectivity index (χ2v) is 5.81. The molecule has 114 valence electrons. The van der Waals surface area contributed by atoms with Crippen LogP contribution in [0.15, 0.2) is 6.20 Å². The Morgan fingerprint density at radius 2 is 2.15 bits per heavy atom. The smallest absolute Gasteiger partial charge is 0.131 e. The lowest BCUT2D eigenvalue weighted by atomic mass is 9.97. The highest BCUT2D eigenvalue weighted by Crippen LogP contribution is 2.33. The van der Waals surface area contributed by atoms with E-state index in [0.717, 1.165) is 18.5 Å². The molecule has 20 heavy (non-hydrogen) atoms. The topological polar surface area (TPSA) is 101 Å². The number of aliphatic hydroxyl groups is 3. The zero-order chi connectivity index (χ0) is 14.7. The van der Waals surface area contributed by atoms with Gasteiger partial charge in [0, 0.05) is 6.20 Å². The maximum Gasteiger partial charge on any atom is 0.131 e. The molecule has 1 aromatic rings. The fourth-order valence-electron chi connectivity index (χ4n) is 2.40. The van der Waals surface area contributed by atoms with Crippen LogP contribution in [0.25, 0.3) is 0 Å². The Labute approximate surface area is 121 Å². The van der Waals surface area contributed by atoms with Gasteiger partial charge in [0.05, 0.1) is 12.3 Å². The molecule has 0 aromatic carbocycles. The summed E-state index contributed by atoms with van der Waals surface area (Å²) in [5.41, 5.74) is 0.305. The zero-order valence-electron chi connectivity index (χ0n) is 11.6. The molecule has 1 saturated heterocycles. The first-order valence-electron chi connectivity index (χ1n) is 6.68. The van der Waals surface area contributed by atoms with Crippen LogP contribution in [0.4, 0.5) is 0 Å². The second kappa shape index (κ2) is 6.86. The van der Waals surface area contributed by atoms with Crippen molar-refractivity contribution in [2.75, 3.05) is 12.9 Å². The van der Waals surface area contributed by atoms with Gasteiger partial charge in [-0.2, -0.15) is 0 Å². The van der Waals surface area contributed by atoms with Gasteiger partial charge in [0.2, 0.25) is 0 Å². The molecule has 2 heterocycles. The van der Waals surface area contributed by atoms with Gasteiger partial charge >= 0.3 is 0 Å². The van der Waals surface area contributed by atoms with Crippen molar-refractivity contribution in [3.63, 3.8) is 0 Å². The SMILES string of the molecule is CCCc1cn([C@@H]2C(O)[C@H](SC)OC(CO)[C@@H]2O)nn1. The molecule has 1 aliphatic rings. The number of hydrogen-bond acceptors (Lipinski definition) is 7. The van der Waals surface area contributed by atoms with Crippen LogP contribution in [0, 0.1) is 0 Å². The molecule has 0 amide bonds. The number of aromatic nitrogens is 3. The first-order valence-corrected chi connectivity index (χ1v) is 7.97. The van der Waals surface area contributed by atoms with Crippen molar-refractivity contribution < 1.29 is 20.1 Å². The van der Waals surface area contributed by atoms with Gasteiger partial charge in [-0.15, -0.1) is 16.9 Å². The van der Waals surface area contributed by atoms with Crippen molar-refractivity contribution in [1.29, 1.82) is 0 Å². The number of rotatable bonds is 5. The molecule has 1 aliphatic heterocycles. The lowest BCUT2D eigenvalue weighted by molar-refractivity contribution is -0.178. The van der Waals surface area contributed by atoms with E-state index in [1.54, 1.807) is 12.5 Å². The van der Waals surface area contributed by atoms with E-state index in [1.807, 2.05) is 6.92 Å². The highest BCUT2D eigenvalue weighted by Gasteiger charge is 2.45. The van der Waals surface area contributed by atoms with Crippen LogP contribution in [0.2, 0.25) is 0 Å². The van der Waals surface area contributed by atoms with E-state index in [0.29, 0.717) is 0 Å². The van der Waals surface area contributed by atoms with E-state index in [4.69, 9.17) is 4.74 Å². The highest BCUT2D eigenvalue weighted by molar-refractivity contribution is 7.99. The molecule has 1 fully saturated rings. The van der Waals surface area contributed by atoms with Gasteiger partial charge in [0.25, 0.3) is 0 Å². The summed E-state index contributed by atoms with van der Waals surface area (Å²) >= 11 is 1.33. The van der Waals surface area contributed by atoms with Gasteiger partial charge in [-0.25, -0.2) is 4.68 Å². The lowest BCUT2D eigenvalue weighted by Gasteiger charge is -2.41. The van der Waals surface area contributed by atoms with Crippen LogP contribution in [0.1, 0.15) is 25.1 Å². The van der Waals surface area contributed by atoms with Crippen molar-refractivity contribution >= 4 is 11.8 Å². The van der Waals surface area contributed by atoms with Crippen molar-refractivity contribution in [2.24, 2.45) is 0 Å². The van der Waals surface area contributed by atoms with Gasteiger partial charge in [-0.3, -0.25) is 0 Å². The third-order valence-corrected chi connectivity index (χ3v) is 4.30. The molecule has 0 saturated carbocycles. The Kier molecular flexibility index (Phi) is 5.39. The van der Waals surface area contributed by atoms with E-state index in [2.05, 4.69) is 10.3 Å². The minimum absolute atomic E-state index is 0.308. The van der Waals surface area contributed by atoms with Crippen LogP contribution in [0.3, 0.4) is 0 Å². The third-order valence-electron chi connectivity index (χ3n) is 3.45. The highest BCUT2D eigenvalue weighted by atomic mass is 32.2. The predicted molar refractivity (Wildman–Crippen MR) is 74.3 cm³/mol. The van der Waals surface area contributed by atoms with Crippen LogP contribution < -0.4 is 0 Å². The summed E-state index contributed by atoms with van der Waals surface area (Å²) < 4.78 is 6.95.